The lowest BCUT2D eigenvalue weighted by Gasteiger charge is -2.36. The highest BCUT2D eigenvalue weighted by Crippen LogP contribution is 2.47. The molecule has 0 fully saturated rings. The Morgan fingerprint density at radius 3 is 1.12 bits per heavy atom. The van der Waals surface area contributed by atoms with Gasteiger partial charge < -0.3 is 9.13 Å². The summed E-state index contributed by atoms with van der Waals surface area (Å²) in [6.07, 6.45) is 0. The fraction of sp³-hybridized carbons (Fsp3) is 0.194. The van der Waals surface area contributed by atoms with Gasteiger partial charge >= 0.3 is 0 Å². The average molecular weight is 837 g/mol. The minimum atomic E-state index is -0.0471. The molecule has 11 aromatic rings. The third-order valence-corrected chi connectivity index (χ3v) is 15.2. The highest BCUT2D eigenvalue weighted by molar-refractivity contribution is 7.01. The highest BCUT2D eigenvalue weighted by Gasteiger charge is 2.41. The van der Waals surface area contributed by atoms with Crippen LogP contribution in [-0.2, 0) is 16.2 Å². The van der Waals surface area contributed by atoms with Crippen LogP contribution in [0.3, 0.4) is 0 Å². The predicted octanol–water partition coefficient (Wildman–Crippen LogP) is 14.6. The van der Waals surface area contributed by atoms with Gasteiger partial charge in [-0.25, -0.2) is 0 Å². The lowest BCUT2D eigenvalue weighted by atomic mass is 9.31. The first-order valence-corrected chi connectivity index (χ1v) is 23.6. The van der Waals surface area contributed by atoms with E-state index in [9.17, 15) is 0 Å². The normalized spacial score (nSPS) is 13.6. The first-order valence-electron chi connectivity index (χ1n) is 23.6. The molecule has 0 unspecified atom stereocenters. The van der Waals surface area contributed by atoms with Crippen molar-refractivity contribution in [3.8, 4) is 33.6 Å². The van der Waals surface area contributed by atoms with E-state index in [2.05, 4.69) is 229 Å². The van der Waals surface area contributed by atoms with E-state index in [0.717, 1.165) is 0 Å². The van der Waals surface area contributed by atoms with Crippen LogP contribution in [0.1, 0.15) is 79.0 Å². The first kappa shape index (κ1) is 38.6. The van der Waals surface area contributed by atoms with Crippen molar-refractivity contribution in [3.05, 3.63) is 174 Å². The molecule has 0 spiro atoms. The molecule has 2 aliphatic rings. The van der Waals surface area contributed by atoms with Gasteiger partial charge in [-0.2, -0.15) is 0 Å². The Kier molecular flexibility index (Phi) is 7.67. The summed E-state index contributed by atoms with van der Waals surface area (Å²) in [5.74, 6) is 0. The van der Waals surface area contributed by atoms with Crippen molar-refractivity contribution in [2.24, 2.45) is 0 Å². The van der Waals surface area contributed by atoms with Crippen LogP contribution >= 0.6 is 0 Å². The van der Waals surface area contributed by atoms with Crippen molar-refractivity contribution < 1.29 is 0 Å². The Bertz CT molecular complexity index is 3610. The molecule has 0 atom stereocenters. The molecule has 0 N–H and O–H groups in total. The number of hydrogen-bond donors (Lipinski definition) is 0. The van der Waals surface area contributed by atoms with Gasteiger partial charge in [0.1, 0.15) is 0 Å². The fourth-order valence-electron chi connectivity index (χ4n) is 11.9. The van der Waals surface area contributed by atoms with E-state index in [-0.39, 0.29) is 23.0 Å². The topological polar surface area (TPSA) is 9.86 Å². The van der Waals surface area contributed by atoms with Crippen molar-refractivity contribution in [2.45, 2.75) is 78.6 Å². The second kappa shape index (κ2) is 12.9. The zero-order valence-electron chi connectivity index (χ0n) is 39.0. The molecular formula is C62H53BN2. The Balaban J connectivity index is 1.18. The van der Waals surface area contributed by atoms with Crippen LogP contribution in [0.15, 0.2) is 158 Å². The Hall–Kier alpha value is -6.84. The fourth-order valence-corrected chi connectivity index (χ4v) is 11.9. The molecule has 0 saturated carbocycles. The summed E-state index contributed by atoms with van der Waals surface area (Å²) in [6, 6.07) is 61.3. The molecular weight excluding hydrogens is 784 g/mol. The van der Waals surface area contributed by atoms with Crippen molar-refractivity contribution in [3.63, 3.8) is 0 Å². The van der Waals surface area contributed by atoms with Crippen LogP contribution in [-0.4, -0.2) is 15.8 Å². The molecule has 0 aliphatic carbocycles. The van der Waals surface area contributed by atoms with E-state index in [1.165, 1.54) is 132 Å². The number of aromatic nitrogens is 2. The number of benzene rings is 9. The summed E-state index contributed by atoms with van der Waals surface area (Å²) in [5, 5.41) is 10.6. The van der Waals surface area contributed by atoms with Crippen molar-refractivity contribution in [1.29, 1.82) is 0 Å². The molecule has 0 bridgehead atoms. The van der Waals surface area contributed by atoms with E-state index >= 15 is 0 Å². The van der Waals surface area contributed by atoms with Crippen molar-refractivity contribution >= 4 is 88.3 Å². The molecule has 13 rings (SSSR count). The maximum atomic E-state index is 2.60. The van der Waals surface area contributed by atoms with Gasteiger partial charge in [-0.3, -0.25) is 0 Å². The first-order chi connectivity index (χ1) is 31.2. The van der Waals surface area contributed by atoms with Gasteiger partial charge in [0.25, 0.3) is 0 Å². The molecule has 3 heteroatoms. The summed E-state index contributed by atoms with van der Waals surface area (Å²) >= 11 is 0. The SMILES string of the molecule is CC(C)(C)c1ccc(-n2c3ccccc3c3cc4c5c(cccc5c32)-c2cc(C(C)(C)C)cc3c2B4c2cc4c5ccccc5n(-c5ccc(C(C)(C)C)cc5)c4c4cccc-3c24)cc1. The van der Waals surface area contributed by atoms with Gasteiger partial charge in [0, 0.05) is 43.7 Å². The summed E-state index contributed by atoms with van der Waals surface area (Å²) in [4.78, 5) is 0. The largest absolute Gasteiger partial charge is 0.309 e. The third kappa shape index (κ3) is 5.30. The average Bonchev–Trinajstić information content (AvgIpc) is 3.81. The zero-order valence-corrected chi connectivity index (χ0v) is 39.0. The van der Waals surface area contributed by atoms with E-state index in [4.69, 9.17) is 0 Å². The molecule has 0 saturated heterocycles. The van der Waals surface area contributed by atoms with E-state index in [1.54, 1.807) is 0 Å². The molecule has 2 aromatic heterocycles. The van der Waals surface area contributed by atoms with Crippen LogP contribution in [0.5, 0.6) is 0 Å². The van der Waals surface area contributed by atoms with E-state index < -0.39 is 0 Å². The smallest absolute Gasteiger partial charge is 0.244 e. The number of hydrogen-bond acceptors (Lipinski definition) is 0. The summed E-state index contributed by atoms with van der Waals surface area (Å²) < 4.78 is 5.08. The summed E-state index contributed by atoms with van der Waals surface area (Å²) in [5.41, 5.74) is 21.3. The molecule has 314 valence electrons. The number of nitrogens with zero attached hydrogens (tertiary/aromatic N) is 2. The maximum absolute atomic E-state index is 2.60. The minimum absolute atomic E-state index is 0.0407. The Labute approximate surface area is 382 Å². The Morgan fingerprint density at radius 2 is 0.723 bits per heavy atom. The van der Waals surface area contributed by atoms with Crippen molar-refractivity contribution in [2.75, 3.05) is 0 Å². The predicted molar refractivity (Wildman–Crippen MR) is 282 cm³/mol. The van der Waals surface area contributed by atoms with Gasteiger partial charge in [0.05, 0.1) is 22.1 Å². The van der Waals surface area contributed by atoms with Crippen LogP contribution in [0.25, 0.3) is 98.8 Å². The standard InChI is InChI=1S/C62H53BN2/c1-60(2,3)36-24-28-39(29-25-36)64-53-22-12-10-16-41(53)49-34-51-55-43(18-14-20-45(55)58(49)64)47-32-38(62(7,8)9)33-48-44-19-15-21-46-56(44)52(63(51)57(47)48)35-50-42-17-11-13-23-54(42)65(59(46)50)40-30-26-37(27-31-40)61(4,5)6/h10-35H,1-9H3. The molecule has 2 nitrogen and oxygen atoms in total. The number of para-hydroxylation sites is 2. The van der Waals surface area contributed by atoms with Crippen LogP contribution in [0, 0.1) is 0 Å². The molecule has 2 aliphatic heterocycles. The molecule has 65 heavy (non-hydrogen) atoms. The van der Waals surface area contributed by atoms with Gasteiger partial charge in [-0.15, -0.1) is 0 Å². The van der Waals surface area contributed by atoms with Gasteiger partial charge in [0.15, 0.2) is 0 Å². The van der Waals surface area contributed by atoms with Crippen LogP contribution in [0.4, 0.5) is 0 Å². The van der Waals surface area contributed by atoms with Crippen LogP contribution in [0.2, 0.25) is 0 Å². The molecule has 0 amide bonds. The summed E-state index contributed by atoms with van der Waals surface area (Å²) in [6.45, 7) is 20.9. The maximum Gasteiger partial charge on any atom is 0.244 e. The molecule has 4 heterocycles. The molecule has 9 aromatic carbocycles. The van der Waals surface area contributed by atoms with Gasteiger partial charge in [-0.05, 0) is 102 Å². The third-order valence-electron chi connectivity index (χ3n) is 15.2. The number of rotatable bonds is 2. The van der Waals surface area contributed by atoms with Crippen molar-refractivity contribution in [1.82, 2.24) is 9.13 Å². The highest BCUT2D eigenvalue weighted by atomic mass is 15.0. The number of fused-ring (bicyclic) bond motifs is 12. The van der Waals surface area contributed by atoms with Crippen LogP contribution < -0.4 is 16.4 Å². The lowest BCUT2D eigenvalue weighted by Crippen LogP contribution is -2.57. The molecule has 0 radical (unpaired) electrons. The lowest BCUT2D eigenvalue weighted by molar-refractivity contribution is 0.590. The van der Waals surface area contributed by atoms with E-state index in [0.29, 0.717) is 0 Å². The monoisotopic (exact) mass is 836 g/mol. The quantitative estimate of drug-likeness (QED) is 0.154. The summed E-state index contributed by atoms with van der Waals surface area (Å²) in [7, 11) is 0. The van der Waals surface area contributed by atoms with Gasteiger partial charge in [0.2, 0.25) is 6.71 Å². The second-order valence-corrected chi connectivity index (χ2v) is 22.1. The second-order valence-electron chi connectivity index (χ2n) is 22.1. The Morgan fingerprint density at radius 1 is 0.338 bits per heavy atom. The zero-order chi connectivity index (χ0) is 44.5. The minimum Gasteiger partial charge on any atom is -0.309 e. The van der Waals surface area contributed by atoms with Gasteiger partial charge in [-0.1, -0.05) is 200 Å². The van der Waals surface area contributed by atoms with E-state index in [1.807, 2.05) is 0 Å².